The molecule has 0 heterocycles. The first-order valence-corrected chi connectivity index (χ1v) is 5.60. The van der Waals surface area contributed by atoms with Gasteiger partial charge < -0.3 is 0 Å². The van der Waals surface area contributed by atoms with Crippen LogP contribution in [0.15, 0.2) is 0 Å². The molecule has 0 aromatic heterocycles. The first-order valence-electron chi connectivity index (χ1n) is 5.60. The molecule has 0 heteroatoms. The van der Waals surface area contributed by atoms with Crippen molar-refractivity contribution in [3.8, 4) is 0 Å². The zero-order valence-electron chi connectivity index (χ0n) is 8.56. The Kier molecular flexibility index (Phi) is 1.09. The molecule has 5 unspecified atom stereocenters. The lowest BCUT2D eigenvalue weighted by Crippen LogP contribution is -2.49. The molecule has 3 rings (SSSR count). The van der Waals surface area contributed by atoms with Crippen LogP contribution in [0.1, 0.15) is 46.5 Å². The smallest absolute Gasteiger partial charge is 0.0207 e. The summed E-state index contributed by atoms with van der Waals surface area (Å²) in [5.74, 6) is 3.17. The molecule has 68 valence electrons. The fourth-order valence-corrected chi connectivity index (χ4v) is 4.58. The Morgan fingerprint density at radius 3 is 2.50 bits per heavy atom. The third-order valence-corrected chi connectivity index (χ3v) is 5.86. The molecular weight excluding hydrogens is 144 g/mol. The maximum absolute atomic E-state index is 2.56. The van der Waals surface area contributed by atoms with Crippen LogP contribution >= 0.6 is 0 Å². The van der Waals surface area contributed by atoms with Crippen molar-refractivity contribution in [1.29, 1.82) is 0 Å². The van der Waals surface area contributed by atoms with Crippen molar-refractivity contribution < 1.29 is 0 Å². The highest BCUT2D eigenvalue weighted by molar-refractivity contribution is 5.22. The lowest BCUT2D eigenvalue weighted by atomic mass is 9.47. The van der Waals surface area contributed by atoms with Crippen LogP contribution in [0.2, 0.25) is 0 Å². The molecule has 1 spiro atoms. The topological polar surface area (TPSA) is 0 Å². The van der Waals surface area contributed by atoms with Crippen molar-refractivity contribution in [2.24, 2.45) is 28.6 Å². The molecule has 12 heavy (non-hydrogen) atoms. The van der Waals surface area contributed by atoms with Crippen LogP contribution < -0.4 is 0 Å². The average Bonchev–Trinajstić information content (AvgIpc) is 2.76. The summed E-state index contributed by atoms with van der Waals surface area (Å²) in [6, 6.07) is 0. The molecule has 3 aliphatic carbocycles. The normalized spacial score (nSPS) is 67.8. The van der Waals surface area contributed by atoms with Gasteiger partial charge in [0.15, 0.2) is 0 Å². The van der Waals surface area contributed by atoms with Gasteiger partial charge in [-0.25, -0.2) is 0 Å². The Morgan fingerprint density at radius 1 is 1.17 bits per heavy atom. The first-order chi connectivity index (χ1) is 5.60. The van der Waals surface area contributed by atoms with Crippen molar-refractivity contribution >= 4 is 0 Å². The highest BCUT2D eigenvalue weighted by Gasteiger charge is 2.73. The van der Waals surface area contributed by atoms with Crippen molar-refractivity contribution in [1.82, 2.24) is 0 Å². The van der Waals surface area contributed by atoms with E-state index in [1.165, 1.54) is 12.8 Å². The van der Waals surface area contributed by atoms with Crippen LogP contribution in [0.3, 0.4) is 0 Å². The molecule has 0 bridgehead atoms. The predicted octanol–water partition coefficient (Wildman–Crippen LogP) is 3.47. The Morgan fingerprint density at radius 2 is 1.92 bits per heavy atom. The van der Waals surface area contributed by atoms with Gasteiger partial charge >= 0.3 is 0 Å². The highest BCUT2D eigenvalue weighted by Crippen LogP contribution is 2.81. The second-order valence-electron chi connectivity index (χ2n) is 6.00. The Hall–Kier alpha value is 0. The molecule has 0 amide bonds. The van der Waals surface area contributed by atoms with E-state index in [0.717, 1.165) is 28.6 Å². The summed E-state index contributed by atoms with van der Waals surface area (Å²) >= 11 is 0. The minimum atomic E-state index is 0.768. The first kappa shape index (κ1) is 7.41. The van der Waals surface area contributed by atoms with Crippen LogP contribution in [-0.4, -0.2) is 0 Å². The molecule has 0 aromatic rings. The number of hydrogen-bond acceptors (Lipinski definition) is 0. The van der Waals surface area contributed by atoms with E-state index in [9.17, 15) is 0 Å². The lowest BCUT2D eigenvalue weighted by Gasteiger charge is -2.57. The second kappa shape index (κ2) is 1.76. The quantitative estimate of drug-likeness (QED) is 0.514. The summed E-state index contributed by atoms with van der Waals surface area (Å²) in [5, 5.41) is 0. The van der Waals surface area contributed by atoms with E-state index in [-0.39, 0.29) is 0 Å². The van der Waals surface area contributed by atoms with Gasteiger partial charge in [0.05, 0.1) is 0 Å². The van der Waals surface area contributed by atoms with Crippen molar-refractivity contribution in [3.05, 3.63) is 0 Å². The van der Waals surface area contributed by atoms with Gasteiger partial charge in [0.25, 0.3) is 0 Å². The van der Waals surface area contributed by atoms with Crippen LogP contribution in [0.5, 0.6) is 0 Å². The molecule has 3 fully saturated rings. The molecule has 0 aliphatic heterocycles. The Balaban J connectivity index is 1.97. The maximum Gasteiger partial charge on any atom is -0.0207 e. The van der Waals surface area contributed by atoms with Gasteiger partial charge in [-0.2, -0.15) is 0 Å². The van der Waals surface area contributed by atoms with E-state index in [0.29, 0.717) is 0 Å². The van der Waals surface area contributed by atoms with Crippen molar-refractivity contribution in [3.63, 3.8) is 0 Å². The van der Waals surface area contributed by atoms with Gasteiger partial charge in [-0.1, -0.05) is 20.8 Å². The molecule has 3 saturated carbocycles. The summed E-state index contributed by atoms with van der Waals surface area (Å²) in [5.41, 5.74) is 1.63. The number of rotatable bonds is 0. The van der Waals surface area contributed by atoms with E-state index in [4.69, 9.17) is 0 Å². The van der Waals surface area contributed by atoms with Gasteiger partial charge in [0.2, 0.25) is 0 Å². The second-order valence-corrected chi connectivity index (χ2v) is 6.00. The van der Waals surface area contributed by atoms with Gasteiger partial charge in [-0.15, -0.1) is 0 Å². The van der Waals surface area contributed by atoms with Crippen LogP contribution in [-0.2, 0) is 0 Å². The van der Waals surface area contributed by atoms with E-state index in [1.807, 2.05) is 0 Å². The van der Waals surface area contributed by atoms with E-state index in [1.54, 1.807) is 12.8 Å². The average molecular weight is 164 g/mol. The SMILES string of the molecule is CC1CC(C)C2(C)CCC23CC13. The van der Waals surface area contributed by atoms with Gasteiger partial charge in [0.1, 0.15) is 0 Å². The summed E-state index contributed by atoms with van der Waals surface area (Å²) in [6.07, 6.45) is 6.16. The third-order valence-electron chi connectivity index (χ3n) is 5.86. The summed E-state index contributed by atoms with van der Waals surface area (Å²) in [7, 11) is 0. The highest BCUT2D eigenvalue weighted by atomic mass is 14.8. The summed E-state index contributed by atoms with van der Waals surface area (Å²) in [6.45, 7) is 7.53. The van der Waals surface area contributed by atoms with Crippen LogP contribution in [0.25, 0.3) is 0 Å². The minimum absolute atomic E-state index is 0.768. The predicted molar refractivity (Wildman–Crippen MR) is 50.8 cm³/mol. The minimum Gasteiger partial charge on any atom is -0.0622 e. The molecule has 5 atom stereocenters. The summed E-state index contributed by atoms with van der Waals surface area (Å²) in [4.78, 5) is 0. The van der Waals surface area contributed by atoms with Gasteiger partial charge in [-0.3, -0.25) is 0 Å². The van der Waals surface area contributed by atoms with E-state index in [2.05, 4.69) is 20.8 Å². The fourth-order valence-electron chi connectivity index (χ4n) is 4.58. The molecular formula is C12H20. The Labute approximate surface area is 75.7 Å². The van der Waals surface area contributed by atoms with Gasteiger partial charge in [0, 0.05) is 0 Å². The third kappa shape index (κ3) is 0.533. The lowest BCUT2D eigenvalue weighted by molar-refractivity contribution is -0.0813. The van der Waals surface area contributed by atoms with E-state index < -0.39 is 0 Å². The zero-order valence-corrected chi connectivity index (χ0v) is 8.56. The van der Waals surface area contributed by atoms with Crippen LogP contribution in [0, 0.1) is 28.6 Å². The molecule has 0 N–H and O–H groups in total. The van der Waals surface area contributed by atoms with Crippen molar-refractivity contribution in [2.75, 3.05) is 0 Å². The van der Waals surface area contributed by atoms with Crippen molar-refractivity contribution in [2.45, 2.75) is 46.5 Å². The maximum atomic E-state index is 2.56. The molecule has 0 radical (unpaired) electrons. The van der Waals surface area contributed by atoms with E-state index >= 15 is 0 Å². The monoisotopic (exact) mass is 164 g/mol. The molecule has 0 aromatic carbocycles. The van der Waals surface area contributed by atoms with Crippen LogP contribution in [0.4, 0.5) is 0 Å². The number of hydrogen-bond donors (Lipinski definition) is 0. The van der Waals surface area contributed by atoms with Gasteiger partial charge in [-0.05, 0) is 54.3 Å². The molecule has 0 nitrogen and oxygen atoms in total. The molecule has 3 aliphatic rings. The molecule has 0 saturated heterocycles. The standard InChI is InChI=1S/C12H20/c1-8-6-9(2)11(3)4-5-12(11)7-10(8)12/h8-10H,4-7H2,1-3H3. The summed E-state index contributed by atoms with van der Waals surface area (Å²) < 4.78 is 0. The Bertz CT molecular complexity index is 232. The fraction of sp³-hybridized carbons (Fsp3) is 1.00. The largest absolute Gasteiger partial charge is 0.0622 e. The zero-order chi connectivity index (χ0) is 8.56.